The molecule has 0 N–H and O–H groups in total. The van der Waals surface area contributed by atoms with Crippen LogP contribution >= 0.6 is 0 Å². The number of carbonyl (C=O) groups is 2. The van der Waals surface area contributed by atoms with Crippen LogP contribution in [0.5, 0.6) is 0 Å². The van der Waals surface area contributed by atoms with E-state index in [0.717, 1.165) is 0 Å². The van der Waals surface area contributed by atoms with E-state index in [0.29, 0.717) is 18.8 Å². The summed E-state index contributed by atoms with van der Waals surface area (Å²) in [5.41, 5.74) is -0.687. The molecule has 1 spiro atoms. The van der Waals surface area contributed by atoms with Gasteiger partial charge in [-0.15, -0.1) is 0 Å². The molecule has 3 aliphatic rings. The topological polar surface area (TPSA) is 69.0 Å². The van der Waals surface area contributed by atoms with E-state index in [9.17, 15) is 9.59 Å². The van der Waals surface area contributed by atoms with Crippen molar-refractivity contribution < 1.29 is 23.5 Å². The van der Waals surface area contributed by atoms with Gasteiger partial charge in [0.25, 0.3) is 0 Å². The summed E-state index contributed by atoms with van der Waals surface area (Å²) in [6.45, 7) is 0.831. The number of methoxy groups -OCH3 is 1. The zero-order valence-corrected chi connectivity index (χ0v) is 11.5. The summed E-state index contributed by atoms with van der Waals surface area (Å²) < 4.78 is 16.1. The van der Waals surface area contributed by atoms with Crippen molar-refractivity contribution in [1.29, 1.82) is 0 Å². The van der Waals surface area contributed by atoms with E-state index in [-0.39, 0.29) is 18.0 Å². The zero-order valence-electron chi connectivity index (χ0n) is 11.5. The van der Waals surface area contributed by atoms with Gasteiger partial charge in [-0.3, -0.25) is 9.59 Å². The van der Waals surface area contributed by atoms with Crippen molar-refractivity contribution in [2.75, 3.05) is 13.7 Å². The molecule has 1 aromatic rings. The molecule has 110 valence electrons. The van der Waals surface area contributed by atoms with Crippen molar-refractivity contribution in [1.82, 2.24) is 4.90 Å². The molecule has 4 rings (SSSR count). The van der Waals surface area contributed by atoms with Gasteiger partial charge in [-0.05, 0) is 12.1 Å². The average molecular weight is 289 g/mol. The molecule has 4 atom stereocenters. The van der Waals surface area contributed by atoms with Gasteiger partial charge in [0.1, 0.15) is 17.3 Å². The Morgan fingerprint density at radius 1 is 1.57 bits per heavy atom. The normalized spacial score (nSPS) is 36.3. The van der Waals surface area contributed by atoms with E-state index < -0.39 is 17.4 Å². The molecule has 0 aromatic carbocycles. The van der Waals surface area contributed by atoms with E-state index in [1.807, 2.05) is 18.2 Å². The highest BCUT2D eigenvalue weighted by Crippen LogP contribution is 2.52. The molecule has 1 amide bonds. The Labute approximate surface area is 121 Å². The van der Waals surface area contributed by atoms with Gasteiger partial charge < -0.3 is 18.8 Å². The Hall–Kier alpha value is -2.08. The number of hydrogen-bond donors (Lipinski definition) is 0. The van der Waals surface area contributed by atoms with E-state index in [2.05, 4.69) is 0 Å². The number of nitrogens with zero attached hydrogens (tertiary/aromatic N) is 1. The van der Waals surface area contributed by atoms with Crippen molar-refractivity contribution in [2.45, 2.75) is 18.2 Å². The number of amides is 1. The van der Waals surface area contributed by atoms with Gasteiger partial charge in [0.15, 0.2) is 0 Å². The average Bonchev–Trinajstić information content (AvgIpc) is 3.22. The van der Waals surface area contributed by atoms with Crippen molar-refractivity contribution in [3.05, 3.63) is 36.3 Å². The molecular weight excluding hydrogens is 274 g/mol. The van der Waals surface area contributed by atoms with Crippen LogP contribution in [0.25, 0.3) is 0 Å². The lowest BCUT2D eigenvalue weighted by Crippen LogP contribution is -2.39. The van der Waals surface area contributed by atoms with E-state index >= 15 is 0 Å². The second-order valence-electron chi connectivity index (χ2n) is 5.70. The third kappa shape index (κ3) is 1.62. The standard InChI is InChI=1S/C15H15NO5/c1-19-14(18)11-10-4-5-15(21-10)8-16(13(17)12(11)15)7-9-3-2-6-20-9/h2-6,10-12H,7-8H2,1H3/t10-,11+,12+,15+/m1/s1. The fourth-order valence-electron chi connectivity index (χ4n) is 3.71. The van der Waals surface area contributed by atoms with Crippen LogP contribution in [0.15, 0.2) is 35.0 Å². The van der Waals surface area contributed by atoms with Crippen LogP contribution in [0.3, 0.4) is 0 Å². The number of ether oxygens (including phenoxy) is 2. The maximum Gasteiger partial charge on any atom is 0.312 e. The third-order valence-corrected chi connectivity index (χ3v) is 4.58. The van der Waals surface area contributed by atoms with Crippen LogP contribution in [0.1, 0.15) is 5.76 Å². The predicted molar refractivity (Wildman–Crippen MR) is 69.9 cm³/mol. The molecule has 3 aliphatic heterocycles. The molecule has 6 heteroatoms. The summed E-state index contributed by atoms with van der Waals surface area (Å²) in [5.74, 6) is -0.782. The number of furan rings is 1. The number of hydrogen-bond acceptors (Lipinski definition) is 5. The van der Waals surface area contributed by atoms with Gasteiger partial charge >= 0.3 is 5.97 Å². The van der Waals surface area contributed by atoms with Crippen molar-refractivity contribution in [2.24, 2.45) is 11.8 Å². The summed E-state index contributed by atoms with van der Waals surface area (Å²) in [5, 5.41) is 0. The van der Waals surface area contributed by atoms with Gasteiger partial charge in [0.05, 0.1) is 38.5 Å². The fraction of sp³-hybridized carbons (Fsp3) is 0.467. The van der Waals surface area contributed by atoms with E-state index in [1.165, 1.54) is 7.11 Å². The van der Waals surface area contributed by atoms with Gasteiger partial charge in [-0.1, -0.05) is 12.2 Å². The number of likely N-dealkylation sites (tertiary alicyclic amines) is 1. The first-order valence-corrected chi connectivity index (χ1v) is 6.91. The summed E-state index contributed by atoms with van der Waals surface area (Å²) >= 11 is 0. The Morgan fingerprint density at radius 2 is 2.43 bits per heavy atom. The van der Waals surface area contributed by atoms with Crippen LogP contribution in [-0.2, 0) is 25.6 Å². The Morgan fingerprint density at radius 3 is 3.14 bits per heavy atom. The van der Waals surface area contributed by atoms with Gasteiger partial charge in [-0.2, -0.15) is 0 Å². The second kappa shape index (κ2) is 4.21. The lowest BCUT2D eigenvalue weighted by molar-refractivity contribution is -0.151. The van der Waals surface area contributed by atoms with Crippen LogP contribution in [-0.4, -0.2) is 42.1 Å². The summed E-state index contributed by atoms with van der Waals surface area (Å²) in [6, 6.07) is 3.61. The maximum atomic E-state index is 12.7. The molecule has 6 nitrogen and oxygen atoms in total. The zero-order chi connectivity index (χ0) is 14.6. The number of esters is 1. The third-order valence-electron chi connectivity index (χ3n) is 4.58. The number of fused-ring (bicyclic) bond motifs is 1. The first kappa shape index (κ1) is 12.6. The lowest BCUT2D eigenvalue weighted by atomic mass is 9.77. The van der Waals surface area contributed by atoms with Gasteiger partial charge in [-0.25, -0.2) is 0 Å². The molecule has 0 radical (unpaired) electrons. The molecule has 0 aliphatic carbocycles. The Kier molecular flexibility index (Phi) is 2.53. The molecule has 4 heterocycles. The maximum absolute atomic E-state index is 12.7. The van der Waals surface area contributed by atoms with E-state index in [4.69, 9.17) is 13.9 Å². The fourth-order valence-corrected chi connectivity index (χ4v) is 3.71. The smallest absolute Gasteiger partial charge is 0.312 e. The highest BCUT2D eigenvalue weighted by Gasteiger charge is 2.67. The first-order chi connectivity index (χ1) is 10.1. The Balaban J connectivity index is 1.64. The van der Waals surface area contributed by atoms with Crippen LogP contribution in [0.2, 0.25) is 0 Å². The largest absolute Gasteiger partial charge is 0.469 e. The van der Waals surface area contributed by atoms with Crippen LogP contribution in [0.4, 0.5) is 0 Å². The minimum atomic E-state index is -0.687. The van der Waals surface area contributed by atoms with Crippen molar-refractivity contribution >= 4 is 11.9 Å². The second-order valence-corrected chi connectivity index (χ2v) is 5.70. The van der Waals surface area contributed by atoms with Gasteiger partial charge in [0.2, 0.25) is 5.91 Å². The molecule has 2 bridgehead atoms. The molecule has 2 saturated heterocycles. The quantitative estimate of drug-likeness (QED) is 0.606. The highest BCUT2D eigenvalue weighted by molar-refractivity contribution is 5.91. The summed E-state index contributed by atoms with van der Waals surface area (Å²) in [7, 11) is 1.34. The SMILES string of the molecule is COC(=O)[C@@H]1[C@H]2C(=O)N(Cc3ccco3)C[C@@]23C=C[C@H]1O3. The molecule has 2 fully saturated rings. The molecule has 0 unspecified atom stereocenters. The highest BCUT2D eigenvalue weighted by atomic mass is 16.5. The minimum Gasteiger partial charge on any atom is -0.469 e. The van der Waals surface area contributed by atoms with Crippen molar-refractivity contribution in [3.63, 3.8) is 0 Å². The monoisotopic (exact) mass is 289 g/mol. The minimum absolute atomic E-state index is 0.0753. The first-order valence-electron chi connectivity index (χ1n) is 6.91. The van der Waals surface area contributed by atoms with E-state index in [1.54, 1.807) is 17.2 Å². The lowest BCUT2D eigenvalue weighted by Gasteiger charge is -2.22. The molecule has 1 aromatic heterocycles. The molecule has 21 heavy (non-hydrogen) atoms. The molecular formula is C15H15NO5. The number of rotatable bonds is 3. The molecule has 0 saturated carbocycles. The predicted octanol–water partition coefficient (Wildman–Crippen LogP) is 0.735. The number of carbonyl (C=O) groups excluding carboxylic acids is 2. The van der Waals surface area contributed by atoms with Crippen molar-refractivity contribution in [3.8, 4) is 0 Å². The summed E-state index contributed by atoms with van der Waals surface area (Å²) in [6.07, 6.45) is 5.01. The van der Waals surface area contributed by atoms with Crippen LogP contribution < -0.4 is 0 Å². The van der Waals surface area contributed by atoms with Crippen LogP contribution in [0, 0.1) is 11.8 Å². The Bertz CT molecular complexity index is 622. The summed E-state index contributed by atoms with van der Waals surface area (Å²) in [4.78, 5) is 26.4. The van der Waals surface area contributed by atoms with Gasteiger partial charge in [0, 0.05) is 0 Å².